The van der Waals surface area contributed by atoms with Crippen molar-refractivity contribution in [2.24, 2.45) is 4.99 Å². The van der Waals surface area contributed by atoms with Gasteiger partial charge in [-0.1, -0.05) is 47.5 Å². The summed E-state index contributed by atoms with van der Waals surface area (Å²) in [6, 6.07) is 17.5. The van der Waals surface area contributed by atoms with E-state index in [2.05, 4.69) is 11.1 Å². The van der Waals surface area contributed by atoms with Gasteiger partial charge >= 0.3 is 0 Å². The molecule has 2 aliphatic rings. The zero-order valence-electron chi connectivity index (χ0n) is 14.6. The fraction of sp³-hybridized carbons (Fsp3) is 0.100. The second-order valence-electron chi connectivity index (χ2n) is 6.02. The lowest BCUT2D eigenvalue weighted by Gasteiger charge is -2.05. The van der Waals surface area contributed by atoms with E-state index in [1.165, 1.54) is 10.8 Å². The summed E-state index contributed by atoms with van der Waals surface area (Å²) in [4.78, 5) is 19.1. The van der Waals surface area contributed by atoms with E-state index in [1.807, 2.05) is 50.2 Å². The number of thioether (sulfide) groups is 1. The van der Waals surface area contributed by atoms with Gasteiger partial charge < -0.3 is 4.18 Å². The fourth-order valence-corrected chi connectivity index (χ4v) is 7.11. The third-order valence-corrected chi connectivity index (χ3v) is 8.40. The maximum atomic E-state index is 12.7. The Balaban J connectivity index is 1.61. The Labute approximate surface area is 167 Å². The summed E-state index contributed by atoms with van der Waals surface area (Å²) in [5.41, 5.74) is 3.75. The first-order valence-corrected chi connectivity index (χ1v) is 11.4. The third kappa shape index (κ3) is 3.61. The lowest BCUT2D eigenvalue weighted by atomic mass is 10.1. The van der Waals surface area contributed by atoms with E-state index in [4.69, 9.17) is 4.18 Å². The monoisotopic (exact) mass is 410 g/mol. The molecule has 0 spiro atoms. The van der Waals surface area contributed by atoms with Crippen LogP contribution in [-0.4, -0.2) is 16.0 Å². The normalized spacial score (nSPS) is 18.0. The zero-order valence-corrected chi connectivity index (χ0v) is 17.0. The van der Waals surface area contributed by atoms with Crippen LogP contribution in [0.4, 0.5) is 0 Å². The molecule has 134 valence electrons. The summed E-state index contributed by atoms with van der Waals surface area (Å²) in [6.45, 7) is 4.00. The molecule has 2 aliphatic heterocycles. The van der Waals surface area contributed by atoms with Crippen molar-refractivity contribution in [1.29, 1.82) is 5.26 Å². The largest absolute Gasteiger partial charge is 0.401 e. The Morgan fingerprint density at radius 3 is 2.37 bits per heavy atom. The van der Waals surface area contributed by atoms with Crippen LogP contribution in [-0.2, 0) is 4.18 Å². The van der Waals surface area contributed by atoms with E-state index in [1.54, 1.807) is 12.1 Å². The van der Waals surface area contributed by atoms with Gasteiger partial charge in [0.25, 0.3) is 0 Å². The average Bonchev–Trinajstić information content (AvgIpc) is 3.21. The van der Waals surface area contributed by atoms with Crippen LogP contribution in [0.15, 0.2) is 63.3 Å². The molecule has 2 aromatic rings. The third-order valence-electron chi connectivity index (χ3n) is 3.96. The number of allylic oxidation sites excluding steroid dienone is 1. The molecular formula is C20H14N2O2S3. The molecule has 0 amide bonds. The minimum atomic E-state index is -0.680. The van der Waals surface area contributed by atoms with Gasteiger partial charge in [0, 0.05) is 11.1 Å². The number of aliphatic imine (C=N–C) groups is 1. The molecule has 2 aromatic carbocycles. The zero-order chi connectivity index (χ0) is 19.0. The SMILES string of the molecule is Cc1ccc(C(=O)SC2=C(C#N)SS3=C2N=C(c2ccc(C)cc2)O3)cc1. The van der Waals surface area contributed by atoms with E-state index < -0.39 is 9.80 Å². The molecule has 2 heterocycles. The maximum absolute atomic E-state index is 12.7. The summed E-state index contributed by atoms with van der Waals surface area (Å²) in [5.74, 6) is 0.540. The number of rotatable bonds is 3. The lowest BCUT2D eigenvalue weighted by Crippen LogP contribution is -2.02. The highest BCUT2D eigenvalue weighted by Gasteiger charge is 2.34. The molecule has 0 N–H and O–H groups in total. The van der Waals surface area contributed by atoms with Crippen molar-refractivity contribution in [3.63, 3.8) is 0 Å². The molecule has 0 saturated carbocycles. The van der Waals surface area contributed by atoms with Crippen LogP contribution in [0.5, 0.6) is 0 Å². The van der Waals surface area contributed by atoms with E-state index in [9.17, 15) is 10.1 Å². The highest BCUT2D eigenvalue weighted by Crippen LogP contribution is 2.54. The molecule has 0 saturated heterocycles. The van der Waals surface area contributed by atoms with E-state index in [0.717, 1.165) is 28.5 Å². The van der Waals surface area contributed by atoms with Crippen LogP contribution >= 0.6 is 32.4 Å². The topological polar surface area (TPSA) is 62.5 Å². The van der Waals surface area contributed by atoms with Crippen molar-refractivity contribution in [3.05, 3.63) is 80.6 Å². The van der Waals surface area contributed by atoms with E-state index in [0.29, 0.717) is 26.3 Å². The second kappa shape index (κ2) is 7.39. The average molecular weight is 411 g/mol. The molecule has 0 aliphatic carbocycles. The van der Waals surface area contributed by atoms with Crippen LogP contribution in [0.3, 0.4) is 0 Å². The maximum Gasteiger partial charge on any atom is 0.236 e. The summed E-state index contributed by atoms with van der Waals surface area (Å²) >= 11 is 1.06. The first-order chi connectivity index (χ1) is 13.0. The van der Waals surface area contributed by atoms with Crippen molar-refractivity contribution in [2.45, 2.75) is 13.8 Å². The van der Waals surface area contributed by atoms with Crippen LogP contribution in [0, 0.1) is 25.2 Å². The predicted molar refractivity (Wildman–Crippen MR) is 115 cm³/mol. The number of nitrogens with zero attached hydrogens (tertiary/aromatic N) is 2. The van der Waals surface area contributed by atoms with Gasteiger partial charge in [0.2, 0.25) is 11.0 Å². The van der Waals surface area contributed by atoms with Crippen LogP contribution < -0.4 is 0 Å². The molecule has 1 atom stereocenters. The number of carbonyl (C=O) groups excluding carboxylic acids is 1. The molecule has 27 heavy (non-hydrogen) atoms. The van der Waals surface area contributed by atoms with Crippen molar-refractivity contribution in [1.82, 2.24) is 0 Å². The highest BCUT2D eigenvalue weighted by molar-refractivity contribution is 8.84. The standard InChI is InChI=1S/C20H14N2O2S3/c1-12-3-7-14(8-4-12)18-22-19-17(16(11-21)26-27(19)24-18)25-20(23)15-9-5-13(2)6-10-15/h3-10H,1-2H3. The van der Waals surface area contributed by atoms with Gasteiger partial charge in [-0.05, 0) is 48.5 Å². The minimum Gasteiger partial charge on any atom is -0.401 e. The summed E-state index contributed by atoms with van der Waals surface area (Å²) in [7, 11) is 0.650. The fourth-order valence-electron chi connectivity index (χ4n) is 2.46. The van der Waals surface area contributed by atoms with Gasteiger partial charge in [0.05, 0.1) is 14.7 Å². The molecule has 0 aromatic heterocycles. The first-order valence-electron chi connectivity index (χ1n) is 8.12. The van der Waals surface area contributed by atoms with E-state index in [-0.39, 0.29) is 5.12 Å². The minimum absolute atomic E-state index is 0.102. The van der Waals surface area contributed by atoms with Gasteiger partial charge in [-0.15, -0.1) is 0 Å². The smallest absolute Gasteiger partial charge is 0.236 e. The number of hydrogen-bond donors (Lipinski definition) is 0. The van der Waals surface area contributed by atoms with Crippen molar-refractivity contribution in [2.75, 3.05) is 0 Å². The first kappa shape index (κ1) is 18.1. The number of aryl methyl sites for hydroxylation is 2. The molecule has 4 rings (SSSR count). The summed E-state index contributed by atoms with van der Waals surface area (Å²) < 4.78 is 5.96. The Kier molecular flexibility index (Phi) is 4.96. The Hall–Kier alpha value is -2.27. The van der Waals surface area contributed by atoms with Crippen molar-refractivity contribution >= 4 is 48.4 Å². The summed E-state index contributed by atoms with van der Waals surface area (Å²) in [5, 5.41) is 9.36. The number of hydrogen-bond acceptors (Lipinski definition) is 6. The van der Waals surface area contributed by atoms with Crippen molar-refractivity contribution in [3.8, 4) is 6.07 Å². The molecule has 7 heteroatoms. The Morgan fingerprint density at radius 2 is 1.74 bits per heavy atom. The van der Waals surface area contributed by atoms with Crippen molar-refractivity contribution < 1.29 is 8.98 Å². The molecule has 0 fully saturated rings. The van der Waals surface area contributed by atoms with Crippen LogP contribution in [0.25, 0.3) is 0 Å². The number of carbonyl (C=O) groups is 1. The second-order valence-corrected chi connectivity index (χ2v) is 10.0. The molecular weight excluding hydrogens is 396 g/mol. The van der Waals surface area contributed by atoms with Gasteiger partial charge in [-0.2, -0.15) is 5.26 Å². The predicted octanol–water partition coefficient (Wildman–Crippen LogP) is 5.36. The van der Waals surface area contributed by atoms with Crippen LogP contribution in [0.1, 0.15) is 27.0 Å². The quantitative estimate of drug-likeness (QED) is 0.503. The van der Waals surface area contributed by atoms with Gasteiger partial charge in [-0.25, -0.2) is 4.99 Å². The summed E-state index contributed by atoms with van der Waals surface area (Å²) in [6.07, 6.45) is 0. The number of benzene rings is 2. The van der Waals surface area contributed by atoms with Gasteiger partial charge in [0.15, 0.2) is 4.99 Å². The lowest BCUT2D eigenvalue weighted by molar-refractivity contribution is 0.108. The Bertz CT molecular complexity index is 1080. The van der Waals surface area contributed by atoms with Gasteiger partial charge in [0.1, 0.15) is 11.0 Å². The molecule has 1 unspecified atom stereocenters. The molecule has 0 radical (unpaired) electrons. The Morgan fingerprint density at radius 1 is 1.11 bits per heavy atom. The van der Waals surface area contributed by atoms with Crippen LogP contribution in [0.2, 0.25) is 0 Å². The highest BCUT2D eigenvalue weighted by atomic mass is 33.1. The molecule has 4 nitrogen and oxygen atoms in total. The van der Waals surface area contributed by atoms with E-state index >= 15 is 0 Å². The van der Waals surface area contributed by atoms with Gasteiger partial charge in [-0.3, -0.25) is 4.79 Å². The molecule has 0 bridgehead atoms. The number of nitriles is 1.